The Morgan fingerprint density at radius 1 is 1.04 bits per heavy atom. The lowest BCUT2D eigenvalue weighted by molar-refractivity contribution is 0.1000. The molecule has 0 unspecified atom stereocenters. The van der Waals surface area contributed by atoms with Crippen LogP contribution in [0.15, 0.2) is 47.4 Å². The highest BCUT2D eigenvalue weighted by Gasteiger charge is 2.16. The number of hydrogen-bond donors (Lipinski definition) is 2. The average molecular weight is 350 g/mol. The quantitative estimate of drug-likeness (QED) is 0.782. The summed E-state index contributed by atoms with van der Waals surface area (Å²) in [6.07, 6.45) is 0. The van der Waals surface area contributed by atoms with Crippen molar-refractivity contribution < 1.29 is 22.7 Å². The molecule has 2 aromatic carbocycles. The fourth-order valence-electron chi connectivity index (χ4n) is 2.03. The van der Waals surface area contributed by atoms with Crippen molar-refractivity contribution in [3.63, 3.8) is 0 Å². The van der Waals surface area contributed by atoms with Gasteiger partial charge >= 0.3 is 0 Å². The highest BCUT2D eigenvalue weighted by Crippen LogP contribution is 2.29. The molecule has 0 saturated carbocycles. The van der Waals surface area contributed by atoms with Crippen LogP contribution >= 0.6 is 0 Å². The fourth-order valence-corrected chi connectivity index (χ4v) is 3.06. The first-order valence-electron chi connectivity index (χ1n) is 6.98. The van der Waals surface area contributed by atoms with Gasteiger partial charge in [0.25, 0.3) is 0 Å². The smallest absolute Gasteiger partial charge is 0.248 e. The van der Waals surface area contributed by atoms with Gasteiger partial charge in [-0.25, -0.2) is 13.1 Å². The molecule has 128 valence electrons. The topological polar surface area (TPSA) is 108 Å². The molecule has 2 aromatic rings. The van der Waals surface area contributed by atoms with E-state index in [1.54, 1.807) is 24.3 Å². The van der Waals surface area contributed by atoms with E-state index in [9.17, 15) is 13.2 Å². The number of sulfonamides is 1. The predicted molar refractivity (Wildman–Crippen MR) is 88.5 cm³/mol. The minimum Gasteiger partial charge on any atom is -0.493 e. The molecule has 0 saturated heterocycles. The monoisotopic (exact) mass is 350 g/mol. The standard InChI is InChI=1S/C16H18N2O5S/c1-22-14-8-7-13(9-15(14)23-2)24(20,21)18-10-11-3-5-12(6-4-11)16(17)19/h3-9,18H,10H2,1-2H3,(H2,17,19). The van der Waals surface area contributed by atoms with Crippen molar-refractivity contribution in [2.24, 2.45) is 5.73 Å². The van der Waals surface area contributed by atoms with Crippen LogP contribution in [0, 0.1) is 0 Å². The normalized spacial score (nSPS) is 11.1. The number of ether oxygens (including phenoxy) is 2. The van der Waals surface area contributed by atoms with Crippen LogP contribution in [-0.2, 0) is 16.6 Å². The zero-order chi connectivity index (χ0) is 17.7. The van der Waals surface area contributed by atoms with E-state index in [2.05, 4.69) is 4.72 Å². The van der Waals surface area contributed by atoms with Gasteiger partial charge in [-0.1, -0.05) is 12.1 Å². The molecular formula is C16H18N2O5S. The van der Waals surface area contributed by atoms with Crippen LogP contribution in [0.4, 0.5) is 0 Å². The molecule has 2 rings (SSSR count). The molecule has 1 amide bonds. The summed E-state index contributed by atoms with van der Waals surface area (Å²) < 4.78 is 37.4. The molecule has 0 aliphatic rings. The van der Waals surface area contributed by atoms with E-state index < -0.39 is 15.9 Å². The summed E-state index contributed by atoms with van der Waals surface area (Å²) in [4.78, 5) is 11.1. The molecule has 0 aliphatic carbocycles. The van der Waals surface area contributed by atoms with E-state index in [4.69, 9.17) is 15.2 Å². The van der Waals surface area contributed by atoms with Gasteiger partial charge in [-0.05, 0) is 29.8 Å². The Balaban J connectivity index is 2.15. The number of amides is 1. The SMILES string of the molecule is COc1ccc(S(=O)(=O)NCc2ccc(C(N)=O)cc2)cc1OC. The van der Waals surface area contributed by atoms with Gasteiger partial charge in [-0.2, -0.15) is 0 Å². The van der Waals surface area contributed by atoms with Gasteiger partial charge in [0, 0.05) is 18.2 Å². The van der Waals surface area contributed by atoms with Gasteiger partial charge in [-0.3, -0.25) is 4.79 Å². The molecule has 0 aromatic heterocycles. The summed E-state index contributed by atoms with van der Waals surface area (Å²) >= 11 is 0. The Hall–Kier alpha value is -2.58. The zero-order valence-corrected chi connectivity index (χ0v) is 14.1. The van der Waals surface area contributed by atoms with Crippen LogP contribution in [0.2, 0.25) is 0 Å². The predicted octanol–water partition coefficient (Wildman–Crippen LogP) is 1.28. The lowest BCUT2D eigenvalue weighted by Gasteiger charge is -2.11. The molecule has 0 bridgehead atoms. The lowest BCUT2D eigenvalue weighted by atomic mass is 10.1. The molecule has 0 radical (unpaired) electrons. The molecule has 0 aliphatic heterocycles. The van der Waals surface area contributed by atoms with Crippen molar-refractivity contribution in [1.82, 2.24) is 4.72 Å². The molecule has 3 N–H and O–H groups in total. The third-order valence-corrected chi connectivity index (χ3v) is 4.77. The van der Waals surface area contributed by atoms with Gasteiger partial charge in [0.05, 0.1) is 19.1 Å². The van der Waals surface area contributed by atoms with E-state index in [0.717, 1.165) is 0 Å². The highest BCUT2D eigenvalue weighted by atomic mass is 32.2. The van der Waals surface area contributed by atoms with Crippen molar-refractivity contribution in [3.8, 4) is 11.5 Å². The summed E-state index contributed by atoms with van der Waals surface area (Å²) in [5.41, 5.74) is 6.22. The van der Waals surface area contributed by atoms with Crippen molar-refractivity contribution >= 4 is 15.9 Å². The molecular weight excluding hydrogens is 332 g/mol. The first-order chi connectivity index (χ1) is 11.4. The number of benzene rings is 2. The van der Waals surface area contributed by atoms with E-state index >= 15 is 0 Å². The van der Waals surface area contributed by atoms with E-state index in [1.165, 1.54) is 32.4 Å². The third kappa shape index (κ3) is 4.03. The van der Waals surface area contributed by atoms with Gasteiger partial charge in [0.1, 0.15) is 0 Å². The van der Waals surface area contributed by atoms with Crippen LogP contribution in [0.5, 0.6) is 11.5 Å². The Morgan fingerprint density at radius 2 is 1.67 bits per heavy atom. The van der Waals surface area contributed by atoms with Crippen LogP contribution in [0.1, 0.15) is 15.9 Å². The summed E-state index contributed by atoms with van der Waals surface area (Å²) in [6.45, 7) is 0.0791. The van der Waals surface area contributed by atoms with Crippen LogP contribution in [0.25, 0.3) is 0 Å². The summed E-state index contributed by atoms with van der Waals surface area (Å²) in [5.74, 6) is 0.233. The van der Waals surface area contributed by atoms with E-state index in [-0.39, 0.29) is 11.4 Å². The number of primary amides is 1. The van der Waals surface area contributed by atoms with Gasteiger partial charge in [0.2, 0.25) is 15.9 Å². The number of nitrogens with two attached hydrogens (primary N) is 1. The van der Waals surface area contributed by atoms with Gasteiger partial charge in [-0.15, -0.1) is 0 Å². The second kappa shape index (κ2) is 7.33. The lowest BCUT2D eigenvalue weighted by Crippen LogP contribution is -2.23. The maximum atomic E-state index is 12.4. The summed E-state index contributed by atoms with van der Waals surface area (Å²) in [6, 6.07) is 10.7. The Kier molecular flexibility index (Phi) is 5.42. The van der Waals surface area contributed by atoms with Crippen LogP contribution < -0.4 is 19.9 Å². The number of carbonyl (C=O) groups excluding carboxylic acids is 1. The highest BCUT2D eigenvalue weighted by molar-refractivity contribution is 7.89. The minimum absolute atomic E-state index is 0.0638. The number of hydrogen-bond acceptors (Lipinski definition) is 5. The Bertz CT molecular complexity index is 832. The maximum absolute atomic E-state index is 12.4. The molecule has 0 heterocycles. The molecule has 24 heavy (non-hydrogen) atoms. The zero-order valence-electron chi connectivity index (χ0n) is 13.3. The summed E-state index contributed by atoms with van der Waals surface area (Å²) in [5, 5.41) is 0. The molecule has 0 spiro atoms. The first kappa shape index (κ1) is 17.8. The largest absolute Gasteiger partial charge is 0.493 e. The van der Waals surface area contributed by atoms with Crippen LogP contribution in [-0.4, -0.2) is 28.5 Å². The molecule has 7 nitrogen and oxygen atoms in total. The number of carbonyl (C=O) groups is 1. The van der Waals surface area contributed by atoms with Gasteiger partial charge < -0.3 is 15.2 Å². The van der Waals surface area contributed by atoms with Gasteiger partial charge in [0.15, 0.2) is 11.5 Å². The molecule has 8 heteroatoms. The second-order valence-electron chi connectivity index (χ2n) is 4.90. The van der Waals surface area contributed by atoms with Crippen LogP contribution in [0.3, 0.4) is 0 Å². The fraction of sp³-hybridized carbons (Fsp3) is 0.188. The molecule has 0 atom stereocenters. The van der Waals surface area contributed by atoms with Crippen molar-refractivity contribution in [2.45, 2.75) is 11.4 Å². The number of nitrogens with one attached hydrogen (secondary N) is 1. The van der Waals surface area contributed by atoms with Crippen molar-refractivity contribution in [3.05, 3.63) is 53.6 Å². The van der Waals surface area contributed by atoms with Crippen molar-refractivity contribution in [2.75, 3.05) is 14.2 Å². The minimum atomic E-state index is -3.72. The maximum Gasteiger partial charge on any atom is 0.248 e. The number of rotatable bonds is 7. The Morgan fingerprint density at radius 3 is 2.21 bits per heavy atom. The first-order valence-corrected chi connectivity index (χ1v) is 8.46. The summed E-state index contributed by atoms with van der Waals surface area (Å²) in [7, 11) is -0.815. The third-order valence-electron chi connectivity index (χ3n) is 3.37. The van der Waals surface area contributed by atoms with E-state index in [0.29, 0.717) is 22.6 Å². The van der Waals surface area contributed by atoms with Crippen molar-refractivity contribution in [1.29, 1.82) is 0 Å². The average Bonchev–Trinajstić information content (AvgIpc) is 2.59. The molecule has 0 fully saturated rings. The van der Waals surface area contributed by atoms with E-state index in [1.807, 2.05) is 0 Å². The number of methoxy groups -OCH3 is 2. The second-order valence-corrected chi connectivity index (χ2v) is 6.67. The Labute approximate surface area is 140 Å².